The van der Waals surface area contributed by atoms with E-state index in [1.54, 1.807) is 23.1 Å². The van der Waals surface area contributed by atoms with Gasteiger partial charge in [-0.2, -0.15) is 4.31 Å². The molecule has 0 atom stereocenters. The van der Waals surface area contributed by atoms with E-state index in [0.717, 1.165) is 11.1 Å². The molecule has 0 aliphatic carbocycles. The number of hydrogen-bond donors (Lipinski definition) is 0. The largest absolute Gasteiger partial charge is 0.481 e. The van der Waals surface area contributed by atoms with Crippen molar-refractivity contribution in [3.8, 4) is 5.75 Å². The van der Waals surface area contributed by atoms with Crippen molar-refractivity contribution in [2.24, 2.45) is 0 Å². The van der Waals surface area contributed by atoms with Gasteiger partial charge in [0.2, 0.25) is 10.0 Å². The molecular formula is C22H22ClN3O4S. The first-order valence-corrected chi connectivity index (χ1v) is 11.7. The Labute approximate surface area is 186 Å². The SMILES string of the molecule is Cc1ccc2cccc(OCC(=O)N3CCN(S(=O)(=O)c4ccc(Cl)cc4)CC3)c2n1. The van der Waals surface area contributed by atoms with E-state index in [0.29, 0.717) is 29.4 Å². The standard InChI is InChI=1S/C22H22ClN3O4S/c1-16-5-6-17-3-2-4-20(22(17)24-16)30-15-21(27)25-11-13-26(14-12-25)31(28,29)19-9-7-18(23)8-10-19/h2-10H,11-15H2,1H3. The molecule has 2 aromatic carbocycles. The molecule has 0 bridgehead atoms. The molecule has 1 aromatic heterocycles. The number of nitrogens with zero attached hydrogens (tertiary/aromatic N) is 3. The van der Waals surface area contributed by atoms with Gasteiger partial charge in [-0.3, -0.25) is 4.79 Å². The van der Waals surface area contributed by atoms with Crippen molar-refractivity contribution in [2.75, 3.05) is 32.8 Å². The summed E-state index contributed by atoms with van der Waals surface area (Å²) in [6.07, 6.45) is 0. The third-order valence-electron chi connectivity index (χ3n) is 5.22. The molecular weight excluding hydrogens is 438 g/mol. The van der Waals surface area contributed by atoms with Crippen LogP contribution in [0.4, 0.5) is 0 Å². The smallest absolute Gasteiger partial charge is 0.260 e. The molecule has 1 fully saturated rings. The molecule has 1 saturated heterocycles. The zero-order chi connectivity index (χ0) is 22.0. The second kappa shape index (κ2) is 8.82. The molecule has 1 aliphatic rings. The van der Waals surface area contributed by atoms with Gasteiger partial charge in [-0.05, 0) is 43.3 Å². The lowest BCUT2D eigenvalue weighted by molar-refractivity contribution is -0.134. The highest BCUT2D eigenvalue weighted by atomic mass is 35.5. The predicted octanol–water partition coefficient (Wildman–Crippen LogP) is 3.11. The number of carbonyl (C=O) groups excluding carboxylic acids is 1. The molecule has 9 heteroatoms. The van der Waals surface area contributed by atoms with E-state index < -0.39 is 10.0 Å². The summed E-state index contributed by atoms with van der Waals surface area (Å²) in [4.78, 5) is 19.0. The summed E-state index contributed by atoms with van der Waals surface area (Å²) >= 11 is 5.85. The number of amides is 1. The predicted molar refractivity (Wildman–Crippen MR) is 119 cm³/mol. The minimum atomic E-state index is -3.61. The molecule has 0 unspecified atom stereocenters. The van der Waals surface area contributed by atoms with Crippen LogP contribution in [0.2, 0.25) is 5.02 Å². The highest BCUT2D eigenvalue weighted by Gasteiger charge is 2.30. The van der Waals surface area contributed by atoms with Crippen molar-refractivity contribution in [2.45, 2.75) is 11.8 Å². The number of para-hydroxylation sites is 1. The summed E-state index contributed by atoms with van der Waals surface area (Å²) in [6.45, 7) is 2.85. The van der Waals surface area contributed by atoms with Crippen molar-refractivity contribution in [3.05, 3.63) is 65.3 Å². The maximum atomic E-state index is 12.8. The van der Waals surface area contributed by atoms with Crippen molar-refractivity contribution < 1.29 is 17.9 Å². The van der Waals surface area contributed by atoms with Crippen LogP contribution in [0.5, 0.6) is 5.75 Å². The molecule has 1 amide bonds. The minimum absolute atomic E-state index is 0.126. The average molecular weight is 460 g/mol. The maximum Gasteiger partial charge on any atom is 0.260 e. The maximum absolute atomic E-state index is 12.8. The first kappa shape index (κ1) is 21.5. The Morgan fingerprint density at radius 2 is 1.74 bits per heavy atom. The normalized spacial score (nSPS) is 15.2. The van der Waals surface area contributed by atoms with E-state index >= 15 is 0 Å². The molecule has 1 aliphatic heterocycles. The van der Waals surface area contributed by atoms with Crippen LogP contribution in [0, 0.1) is 6.92 Å². The molecule has 7 nitrogen and oxygen atoms in total. The van der Waals surface area contributed by atoms with E-state index in [1.807, 2.05) is 31.2 Å². The Bertz CT molecular complexity index is 1210. The molecule has 162 valence electrons. The molecule has 3 aromatic rings. The van der Waals surface area contributed by atoms with Crippen LogP contribution in [0.3, 0.4) is 0 Å². The van der Waals surface area contributed by atoms with Gasteiger partial charge < -0.3 is 9.64 Å². The number of aryl methyl sites for hydroxylation is 1. The summed E-state index contributed by atoms with van der Waals surface area (Å²) in [6, 6.07) is 15.6. The molecule has 0 spiro atoms. The summed E-state index contributed by atoms with van der Waals surface area (Å²) < 4.78 is 32.7. The fourth-order valence-electron chi connectivity index (χ4n) is 3.50. The summed E-state index contributed by atoms with van der Waals surface area (Å²) in [5.41, 5.74) is 1.59. The lowest BCUT2D eigenvalue weighted by atomic mass is 10.2. The Balaban J connectivity index is 1.37. The van der Waals surface area contributed by atoms with Crippen LogP contribution in [0.25, 0.3) is 10.9 Å². The first-order valence-electron chi connectivity index (χ1n) is 9.87. The van der Waals surface area contributed by atoms with Gasteiger partial charge in [0.05, 0.1) is 4.90 Å². The van der Waals surface area contributed by atoms with Crippen LogP contribution in [0.1, 0.15) is 5.69 Å². The lowest BCUT2D eigenvalue weighted by Gasteiger charge is -2.34. The number of ether oxygens (including phenoxy) is 1. The third-order valence-corrected chi connectivity index (χ3v) is 7.38. The average Bonchev–Trinajstić information content (AvgIpc) is 2.78. The fraction of sp³-hybridized carbons (Fsp3) is 0.273. The Morgan fingerprint density at radius 1 is 1.03 bits per heavy atom. The number of carbonyl (C=O) groups is 1. The van der Waals surface area contributed by atoms with Gasteiger partial charge >= 0.3 is 0 Å². The van der Waals surface area contributed by atoms with Gasteiger partial charge in [0.25, 0.3) is 5.91 Å². The summed E-state index contributed by atoms with van der Waals surface area (Å²) in [5, 5.41) is 1.42. The van der Waals surface area contributed by atoms with Gasteiger partial charge in [-0.1, -0.05) is 29.8 Å². The number of hydrogen-bond acceptors (Lipinski definition) is 5. The molecule has 31 heavy (non-hydrogen) atoms. The topological polar surface area (TPSA) is 79.8 Å². The van der Waals surface area contributed by atoms with Gasteiger partial charge in [0.15, 0.2) is 6.61 Å². The van der Waals surface area contributed by atoms with Crippen molar-refractivity contribution in [1.82, 2.24) is 14.2 Å². The Kier molecular flexibility index (Phi) is 6.13. The number of aromatic nitrogens is 1. The quantitative estimate of drug-likeness (QED) is 0.585. The summed E-state index contributed by atoms with van der Waals surface area (Å²) in [7, 11) is -3.61. The van der Waals surface area contributed by atoms with Crippen molar-refractivity contribution in [1.29, 1.82) is 0 Å². The summed E-state index contributed by atoms with van der Waals surface area (Å²) in [5.74, 6) is 0.367. The van der Waals surface area contributed by atoms with Gasteiger partial charge in [-0.15, -0.1) is 0 Å². The molecule has 0 saturated carbocycles. The van der Waals surface area contributed by atoms with Crippen molar-refractivity contribution >= 4 is 38.4 Å². The zero-order valence-corrected chi connectivity index (χ0v) is 18.6. The second-order valence-corrected chi connectivity index (χ2v) is 9.68. The zero-order valence-electron chi connectivity index (χ0n) is 17.0. The van der Waals surface area contributed by atoms with Crippen LogP contribution in [-0.2, 0) is 14.8 Å². The number of fused-ring (bicyclic) bond motifs is 1. The second-order valence-electron chi connectivity index (χ2n) is 7.31. The number of benzene rings is 2. The lowest BCUT2D eigenvalue weighted by Crippen LogP contribution is -2.51. The number of pyridine rings is 1. The number of sulfonamides is 1. The molecule has 0 N–H and O–H groups in total. The van der Waals surface area contributed by atoms with Gasteiger partial charge in [0, 0.05) is 42.3 Å². The van der Waals surface area contributed by atoms with E-state index in [2.05, 4.69) is 4.98 Å². The van der Waals surface area contributed by atoms with Gasteiger partial charge in [-0.25, -0.2) is 13.4 Å². The fourth-order valence-corrected chi connectivity index (χ4v) is 5.05. The molecule has 0 radical (unpaired) electrons. The highest BCUT2D eigenvalue weighted by Crippen LogP contribution is 2.24. The van der Waals surface area contributed by atoms with Crippen molar-refractivity contribution in [3.63, 3.8) is 0 Å². The van der Waals surface area contributed by atoms with E-state index in [4.69, 9.17) is 16.3 Å². The monoisotopic (exact) mass is 459 g/mol. The van der Waals surface area contributed by atoms with Crippen LogP contribution in [-0.4, -0.2) is 61.3 Å². The minimum Gasteiger partial charge on any atom is -0.481 e. The Morgan fingerprint density at radius 3 is 2.45 bits per heavy atom. The first-order chi connectivity index (χ1) is 14.8. The molecule has 2 heterocycles. The van der Waals surface area contributed by atoms with Crippen LogP contribution >= 0.6 is 11.6 Å². The van der Waals surface area contributed by atoms with E-state index in [-0.39, 0.29) is 30.5 Å². The van der Waals surface area contributed by atoms with Crippen LogP contribution in [0.15, 0.2) is 59.5 Å². The number of halogens is 1. The third kappa shape index (κ3) is 4.66. The Hall–Kier alpha value is -2.68. The highest BCUT2D eigenvalue weighted by molar-refractivity contribution is 7.89. The van der Waals surface area contributed by atoms with E-state index in [1.165, 1.54) is 16.4 Å². The molecule has 4 rings (SSSR count). The number of piperazine rings is 1. The van der Waals surface area contributed by atoms with Gasteiger partial charge in [0.1, 0.15) is 11.3 Å². The van der Waals surface area contributed by atoms with Crippen LogP contribution < -0.4 is 4.74 Å². The van der Waals surface area contributed by atoms with E-state index in [9.17, 15) is 13.2 Å². The number of rotatable bonds is 5.